The molecule has 0 aromatic heterocycles. The molecule has 0 saturated carbocycles. The number of fused-ring (bicyclic) bond motifs is 2. The van der Waals surface area contributed by atoms with E-state index in [9.17, 15) is 4.79 Å². The first-order chi connectivity index (χ1) is 4.34. The van der Waals surface area contributed by atoms with E-state index in [-0.39, 0.29) is 5.91 Å². The lowest BCUT2D eigenvalue weighted by Crippen LogP contribution is -2.47. The van der Waals surface area contributed by atoms with Crippen LogP contribution in [0.5, 0.6) is 0 Å². The van der Waals surface area contributed by atoms with Crippen LogP contribution in [-0.4, -0.2) is 36.5 Å². The minimum absolute atomic E-state index is 0.198. The van der Waals surface area contributed by atoms with E-state index in [2.05, 4.69) is 10.2 Å². The molecule has 0 radical (unpaired) electrons. The molecular weight excluding hydrogens is 116 g/mol. The standard InChI is InChI=1S/C6H10N2O/c9-6-4-8-2-1-5(3-8)7-6/h5H,1-4H2,(H,7,9)/t5-/m1/s1. The van der Waals surface area contributed by atoms with Crippen molar-refractivity contribution in [2.75, 3.05) is 19.6 Å². The summed E-state index contributed by atoms with van der Waals surface area (Å²) in [5.74, 6) is 0.198. The van der Waals surface area contributed by atoms with Crippen molar-refractivity contribution in [3.8, 4) is 0 Å². The van der Waals surface area contributed by atoms with Crippen LogP contribution in [-0.2, 0) is 4.79 Å². The van der Waals surface area contributed by atoms with Crippen molar-refractivity contribution in [1.29, 1.82) is 0 Å². The van der Waals surface area contributed by atoms with Gasteiger partial charge in [0.05, 0.1) is 6.54 Å². The summed E-state index contributed by atoms with van der Waals surface area (Å²) < 4.78 is 0. The summed E-state index contributed by atoms with van der Waals surface area (Å²) in [7, 11) is 0. The monoisotopic (exact) mass is 126 g/mol. The van der Waals surface area contributed by atoms with Crippen LogP contribution < -0.4 is 5.32 Å². The maximum atomic E-state index is 10.8. The van der Waals surface area contributed by atoms with Gasteiger partial charge in [-0.05, 0) is 6.42 Å². The third-order valence-electron chi connectivity index (χ3n) is 2.00. The Labute approximate surface area is 54.0 Å². The van der Waals surface area contributed by atoms with Gasteiger partial charge in [0, 0.05) is 19.1 Å². The first-order valence-electron chi connectivity index (χ1n) is 3.36. The van der Waals surface area contributed by atoms with Gasteiger partial charge in [0.25, 0.3) is 0 Å². The first-order valence-corrected chi connectivity index (χ1v) is 3.36. The number of amides is 1. The zero-order chi connectivity index (χ0) is 6.27. The smallest absolute Gasteiger partial charge is 0.234 e. The minimum Gasteiger partial charge on any atom is -0.351 e. The summed E-state index contributed by atoms with van der Waals surface area (Å²) in [4.78, 5) is 13.0. The topological polar surface area (TPSA) is 32.3 Å². The maximum Gasteiger partial charge on any atom is 0.234 e. The Morgan fingerprint density at radius 3 is 3.33 bits per heavy atom. The number of rotatable bonds is 0. The zero-order valence-corrected chi connectivity index (χ0v) is 5.26. The Bertz CT molecular complexity index is 132. The molecule has 0 spiro atoms. The van der Waals surface area contributed by atoms with Gasteiger partial charge in [0.15, 0.2) is 0 Å². The molecule has 1 unspecified atom stereocenters. The molecular formula is C6H10N2O. The van der Waals surface area contributed by atoms with Gasteiger partial charge in [-0.15, -0.1) is 0 Å². The van der Waals surface area contributed by atoms with Crippen molar-refractivity contribution in [2.45, 2.75) is 12.5 Å². The molecule has 2 atom stereocenters. The van der Waals surface area contributed by atoms with Gasteiger partial charge in [-0.25, -0.2) is 0 Å². The predicted octanol–water partition coefficient (Wildman–Crippen LogP) is -0.809. The lowest BCUT2D eigenvalue weighted by molar-refractivity contribution is -0.123. The van der Waals surface area contributed by atoms with Crippen molar-refractivity contribution < 1.29 is 4.79 Å². The van der Waals surface area contributed by atoms with E-state index in [0.29, 0.717) is 12.6 Å². The lowest BCUT2D eigenvalue weighted by atomic mass is 10.2. The third kappa shape index (κ3) is 0.812. The number of hydrogen-bond acceptors (Lipinski definition) is 2. The second-order valence-electron chi connectivity index (χ2n) is 2.79. The Balaban J connectivity index is 2.11. The highest BCUT2D eigenvalue weighted by Crippen LogP contribution is 2.11. The Kier molecular flexibility index (Phi) is 0.990. The zero-order valence-electron chi connectivity index (χ0n) is 5.26. The fourth-order valence-corrected chi connectivity index (χ4v) is 1.57. The first kappa shape index (κ1) is 5.23. The number of hydrogen-bond donors (Lipinski definition) is 1. The maximum absolute atomic E-state index is 10.8. The van der Waals surface area contributed by atoms with Crippen LogP contribution >= 0.6 is 0 Å². The van der Waals surface area contributed by atoms with Gasteiger partial charge in [0.2, 0.25) is 5.91 Å². The highest BCUT2D eigenvalue weighted by Gasteiger charge is 2.29. The number of carbonyl (C=O) groups is 1. The van der Waals surface area contributed by atoms with Gasteiger partial charge in [0.1, 0.15) is 0 Å². The number of carbonyl (C=O) groups excluding carboxylic acids is 1. The molecule has 0 aliphatic carbocycles. The van der Waals surface area contributed by atoms with Crippen LogP contribution in [0.1, 0.15) is 6.42 Å². The van der Waals surface area contributed by atoms with Gasteiger partial charge in [-0.1, -0.05) is 0 Å². The summed E-state index contributed by atoms with van der Waals surface area (Å²) in [5.41, 5.74) is 0. The van der Waals surface area contributed by atoms with E-state index >= 15 is 0 Å². The number of piperazine rings is 1. The van der Waals surface area contributed by atoms with Crippen molar-refractivity contribution in [1.82, 2.24) is 10.2 Å². The summed E-state index contributed by atoms with van der Waals surface area (Å²) in [6.45, 7) is 2.80. The molecule has 3 heteroatoms. The molecule has 2 heterocycles. The molecule has 1 amide bonds. The molecule has 2 bridgehead atoms. The van der Waals surface area contributed by atoms with Crippen molar-refractivity contribution in [2.24, 2.45) is 0 Å². The van der Waals surface area contributed by atoms with Crippen LogP contribution in [0, 0.1) is 0 Å². The molecule has 2 fully saturated rings. The summed E-state index contributed by atoms with van der Waals surface area (Å²) >= 11 is 0. The highest BCUT2D eigenvalue weighted by atomic mass is 16.2. The van der Waals surface area contributed by atoms with Crippen LogP contribution in [0.2, 0.25) is 0 Å². The van der Waals surface area contributed by atoms with E-state index < -0.39 is 0 Å². The van der Waals surface area contributed by atoms with E-state index in [1.165, 1.54) is 0 Å². The third-order valence-corrected chi connectivity index (χ3v) is 2.00. The number of nitrogens with zero attached hydrogens (tertiary/aromatic N) is 1. The van der Waals surface area contributed by atoms with Crippen LogP contribution in [0.3, 0.4) is 0 Å². The predicted molar refractivity (Wildman–Crippen MR) is 33.0 cm³/mol. The fraction of sp³-hybridized carbons (Fsp3) is 0.833. The Hall–Kier alpha value is -0.570. The summed E-state index contributed by atoms with van der Waals surface area (Å²) in [5, 5.41) is 2.93. The van der Waals surface area contributed by atoms with Gasteiger partial charge >= 0.3 is 0 Å². The van der Waals surface area contributed by atoms with E-state index in [0.717, 1.165) is 19.5 Å². The van der Waals surface area contributed by atoms with Crippen LogP contribution in [0.25, 0.3) is 0 Å². The van der Waals surface area contributed by atoms with Crippen molar-refractivity contribution >= 4 is 5.91 Å². The molecule has 0 aromatic carbocycles. The van der Waals surface area contributed by atoms with Gasteiger partial charge in [-0.3, -0.25) is 9.69 Å². The SMILES string of the molecule is O=C1CN2CC[C@H](C2)N1. The summed E-state index contributed by atoms with van der Waals surface area (Å²) in [6.07, 6.45) is 1.14. The summed E-state index contributed by atoms with van der Waals surface area (Å²) in [6, 6.07) is 0.464. The van der Waals surface area contributed by atoms with E-state index in [4.69, 9.17) is 0 Å². The molecule has 0 aromatic rings. The van der Waals surface area contributed by atoms with Crippen molar-refractivity contribution in [3.05, 3.63) is 0 Å². The largest absolute Gasteiger partial charge is 0.351 e. The number of nitrogens with one attached hydrogen (secondary N) is 1. The van der Waals surface area contributed by atoms with Crippen LogP contribution in [0.15, 0.2) is 0 Å². The molecule has 9 heavy (non-hydrogen) atoms. The van der Waals surface area contributed by atoms with Crippen molar-refractivity contribution in [3.63, 3.8) is 0 Å². The average Bonchev–Trinajstić information content (AvgIpc) is 2.11. The Morgan fingerprint density at radius 1 is 1.67 bits per heavy atom. The fourth-order valence-electron chi connectivity index (χ4n) is 1.57. The molecule has 2 rings (SSSR count). The molecule has 2 saturated heterocycles. The van der Waals surface area contributed by atoms with Gasteiger partial charge < -0.3 is 5.32 Å². The molecule has 1 N–H and O–H groups in total. The normalized spacial score (nSPS) is 40.7. The van der Waals surface area contributed by atoms with Crippen LogP contribution in [0.4, 0.5) is 0 Å². The molecule has 50 valence electrons. The van der Waals surface area contributed by atoms with Gasteiger partial charge in [-0.2, -0.15) is 0 Å². The second kappa shape index (κ2) is 1.70. The molecule has 2 aliphatic heterocycles. The minimum atomic E-state index is 0.198. The lowest BCUT2D eigenvalue weighted by Gasteiger charge is -2.21. The second-order valence-corrected chi connectivity index (χ2v) is 2.79. The Morgan fingerprint density at radius 2 is 2.56 bits per heavy atom. The quantitative estimate of drug-likeness (QED) is 0.460. The van der Waals surface area contributed by atoms with E-state index in [1.54, 1.807) is 0 Å². The molecule has 3 nitrogen and oxygen atoms in total. The molecule has 2 aliphatic rings. The van der Waals surface area contributed by atoms with E-state index in [1.807, 2.05) is 0 Å². The average molecular weight is 126 g/mol. The highest BCUT2D eigenvalue weighted by molar-refractivity contribution is 5.79.